The van der Waals surface area contributed by atoms with Gasteiger partial charge in [0.2, 0.25) is 0 Å². The van der Waals surface area contributed by atoms with E-state index in [1.165, 1.54) is 48.7 Å². The van der Waals surface area contributed by atoms with Gasteiger partial charge < -0.3 is 0 Å². The van der Waals surface area contributed by atoms with Crippen LogP contribution in [0.4, 0.5) is 0 Å². The number of benzene rings is 4. The van der Waals surface area contributed by atoms with E-state index in [4.69, 9.17) is 0 Å². The Kier molecular flexibility index (Phi) is 3.85. The van der Waals surface area contributed by atoms with Crippen molar-refractivity contribution in [2.75, 3.05) is 12.5 Å². The number of rotatable bonds is 2. The van der Waals surface area contributed by atoms with Crippen LogP contribution in [-0.2, 0) is 0 Å². The first kappa shape index (κ1) is 17.8. The first-order chi connectivity index (χ1) is 14.6. The summed E-state index contributed by atoms with van der Waals surface area (Å²) in [6, 6.07) is 27.1. The molecular formula is C29H24S. The van der Waals surface area contributed by atoms with E-state index in [1.54, 1.807) is 0 Å². The lowest BCUT2D eigenvalue weighted by molar-refractivity contribution is 1.07. The van der Waals surface area contributed by atoms with E-state index in [0.717, 1.165) is 0 Å². The lowest BCUT2D eigenvalue weighted by Crippen LogP contribution is -2.01. The largest absolute Gasteiger partial charge is 0.200 e. The maximum Gasteiger partial charge on any atom is 0.0285 e. The molecule has 30 heavy (non-hydrogen) atoms. The van der Waals surface area contributed by atoms with Gasteiger partial charge in [-0.2, -0.15) is 10.0 Å². The van der Waals surface area contributed by atoms with Crippen molar-refractivity contribution in [1.82, 2.24) is 0 Å². The van der Waals surface area contributed by atoms with Crippen molar-refractivity contribution < 1.29 is 0 Å². The molecule has 0 nitrogen and oxygen atoms in total. The van der Waals surface area contributed by atoms with Crippen LogP contribution in [0.2, 0.25) is 0 Å². The van der Waals surface area contributed by atoms with Crippen LogP contribution in [0.15, 0.2) is 96.4 Å². The van der Waals surface area contributed by atoms with Crippen LogP contribution in [0.3, 0.4) is 0 Å². The van der Waals surface area contributed by atoms with Crippen molar-refractivity contribution in [3.63, 3.8) is 0 Å². The van der Waals surface area contributed by atoms with E-state index in [1.807, 2.05) is 0 Å². The van der Waals surface area contributed by atoms with Crippen LogP contribution >= 0.6 is 10.0 Å². The molecule has 6 rings (SSSR count). The molecule has 1 aliphatic heterocycles. The fourth-order valence-electron chi connectivity index (χ4n) is 5.06. The Morgan fingerprint density at radius 1 is 0.767 bits per heavy atom. The molecule has 0 amide bonds. The third kappa shape index (κ3) is 2.62. The van der Waals surface area contributed by atoms with Crippen LogP contribution < -0.4 is 0 Å². The van der Waals surface area contributed by atoms with Crippen LogP contribution in [0.1, 0.15) is 28.2 Å². The maximum atomic E-state index is 2.47. The van der Waals surface area contributed by atoms with Crippen molar-refractivity contribution in [3.05, 3.63) is 119 Å². The molecule has 0 radical (unpaired) electrons. The monoisotopic (exact) mass is 404 g/mol. The second-order valence-electron chi connectivity index (χ2n) is 8.68. The minimum Gasteiger partial charge on any atom is -0.200 e. The van der Waals surface area contributed by atoms with E-state index < -0.39 is 10.0 Å². The molecule has 4 aromatic rings. The van der Waals surface area contributed by atoms with E-state index in [-0.39, 0.29) is 0 Å². The molecule has 0 aromatic heterocycles. The van der Waals surface area contributed by atoms with Crippen LogP contribution in [0.25, 0.3) is 32.5 Å². The molecule has 0 N–H and O–H groups in total. The van der Waals surface area contributed by atoms with Crippen molar-refractivity contribution in [3.8, 4) is 0 Å². The van der Waals surface area contributed by atoms with Gasteiger partial charge in [0, 0.05) is 10.8 Å². The summed E-state index contributed by atoms with van der Waals surface area (Å²) in [5.41, 5.74) is 5.54. The zero-order valence-electron chi connectivity index (χ0n) is 17.3. The van der Waals surface area contributed by atoms with Gasteiger partial charge in [0.25, 0.3) is 0 Å². The Morgan fingerprint density at radius 3 is 2.43 bits per heavy atom. The molecule has 4 aromatic carbocycles. The average Bonchev–Trinajstić information content (AvgIpc) is 3.35. The molecule has 146 valence electrons. The molecule has 1 heterocycles. The molecule has 0 saturated carbocycles. The number of hydrogen-bond donors (Lipinski definition) is 0. The molecule has 1 aliphatic carbocycles. The molecule has 0 bridgehead atoms. The molecule has 1 heteroatoms. The Hall–Kier alpha value is -3.03. The smallest absolute Gasteiger partial charge is 0.0285 e. The standard InChI is InChI=1S/C29H24S/c1-30(2)17-7-12-28(30)23-18-22-14-13-21-9-4-6-11-25(21)29(22)27(19-23)26-16-15-20-8-3-5-10-24(20)26/h3-19,26H,1-2H3. The predicted molar refractivity (Wildman–Crippen MR) is 135 cm³/mol. The Morgan fingerprint density at radius 2 is 1.57 bits per heavy atom. The molecular weight excluding hydrogens is 380 g/mol. The van der Waals surface area contributed by atoms with Gasteiger partial charge in [0.1, 0.15) is 0 Å². The maximum absolute atomic E-state index is 2.47. The fourth-order valence-corrected chi connectivity index (χ4v) is 6.83. The van der Waals surface area contributed by atoms with Crippen molar-refractivity contribution in [2.24, 2.45) is 0 Å². The first-order valence-corrected chi connectivity index (χ1v) is 13.0. The highest BCUT2D eigenvalue weighted by Crippen LogP contribution is 2.58. The van der Waals surface area contributed by atoms with Gasteiger partial charge in [-0.1, -0.05) is 78.9 Å². The fraction of sp³-hybridized carbons (Fsp3) is 0.103. The van der Waals surface area contributed by atoms with Gasteiger partial charge in [-0.05, 0) is 79.9 Å². The van der Waals surface area contributed by atoms with Gasteiger partial charge in [-0.15, -0.1) is 0 Å². The Bertz CT molecular complexity index is 1420. The second-order valence-corrected chi connectivity index (χ2v) is 12.2. The van der Waals surface area contributed by atoms with E-state index in [9.17, 15) is 0 Å². The summed E-state index contributed by atoms with van der Waals surface area (Å²) < 4.78 is 0. The number of allylic oxidation sites excluding steroid dienone is 3. The zero-order valence-corrected chi connectivity index (χ0v) is 18.1. The first-order valence-electron chi connectivity index (χ1n) is 10.5. The predicted octanol–water partition coefficient (Wildman–Crippen LogP) is 8.08. The third-order valence-corrected chi connectivity index (χ3v) is 8.87. The minimum atomic E-state index is -0.890. The minimum absolute atomic E-state index is 0.294. The van der Waals surface area contributed by atoms with E-state index >= 15 is 0 Å². The van der Waals surface area contributed by atoms with Gasteiger partial charge in [-0.25, -0.2) is 0 Å². The SMILES string of the molecule is CS1(C)C=CC=C1c1cc(C2C=Cc3ccccc32)c2c(ccc3ccccc32)c1. The molecule has 2 aliphatic rings. The summed E-state index contributed by atoms with van der Waals surface area (Å²) in [7, 11) is -0.890. The highest BCUT2D eigenvalue weighted by molar-refractivity contribution is 8.42. The second kappa shape index (κ2) is 6.48. The summed E-state index contributed by atoms with van der Waals surface area (Å²) in [6.07, 6.45) is 14.0. The van der Waals surface area contributed by atoms with Crippen LogP contribution in [0, 0.1) is 0 Å². The van der Waals surface area contributed by atoms with Gasteiger partial charge in [0.15, 0.2) is 0 Å². The third-order valence-electron chi connectivity index (χ3n) is 6.52. The average molecular weight is 405 g/mol. The summed E-state index contributed by atoms with van der Waals surface area (Å²) in [5, 5.41) is 7.77. The Labute approximate surface area is 179 Å². The molecule has 0 fully saturated rings. The van der Waals surface area contributed by atoms with E-state index in [0.29, 0.717) is 5.92 Å². The van der Waals surface area contributed by atoms with Crippen molar-refractivity contribution in [2.45, 2.75) is 5.92 Å². The summed E-state index contributed by atoms with van der Waals surface area (Å²) >= 11 is 0. The number of fused-ring (bicyclic) bond motifs is 4. The molecule has 1 unspecified atom stereocenters. The lowest BCUT2D eigenvalue weighted by Gasteiger charge is -2.28. The van der Waals surface area contributed by atoms with Gasteiger partial charge in [-0.3, -0.25) is 0 Å². The van der Waals surface area contributed by atoms with Crippen LogP contribution in [-0.4, -0.2) is 12.5 Å². The van der Waals surface area contributed by atoms with Crippen molar-refractivity contribution in [1.29, 1.82) is 0 Å². The highest BCUT2D eigenvalue weighted by atomic mass is 32.3. The summed E-state index contributed by atoms with van der Waals surface area (Å²) in [5.74, 6) is 0.294. The van der Waals surface area contributed by atoms with Gasteiger partial charge in [0.05, 0.1) is 0 Å². The summed E-state index contributed by atoms with van der Waals surface area (Å²) in [6.45, 7) is 0. The Balaban J connectivity index is 1.69. The molecule has 1 atom stereocenters. The van der Waals surface area contributed by atoms with Crippen molar-refractivity contribution >= 4 is 42.6 Å². The normalized spacial score (nSPS) is 19.9. The van der Waals surface area contributed by atoms with Crippen LogP contribution in [0.5, 0.6) is 0 Å². The molecule has 0 spiro atoms. The highest BCUT2D eigenvalue weighted by Gasteiger charge is 2.25. The number of hydrogen-bond acceptors (Lipinski definition) is 0. The quantitative estimate of drug-likeness (QED) is 0.296. The van der Waals surface area contributed by atoms with E-state index in [2.05, 4.69) is 115 Å². The summed E-state index contributed by atoms with van der Waals surface area (Å²) in [4.78, 5) is 1.48. The molecule has 0 saturated heterocycles. The zero-order chi connectivity index (χ0) is 20.3. The topological polar surface area (TPSA) is 0 Å². The lowest BCUT2D eigenvalue weighted by atomic mass is 9.86. The van der Waals surface area contributed by atoms with Gasteiger partial charge >= 0.3 is 0 Å².